The van der Waals surface area contributed by atoms with Crippen LogP contribution in [0, 0.1) is 13.8 Å². The number of nitrogens with two attached hydrogens (primary N) is 1. The van der Waals surface area contributed by atoms with Gasteiger partial charge >= 0.3 is 5.97 Å². The highest BCUT2D eigenvalue weighted by Gasteiger charge is 2.21. The lowest BCUT2D eigenvalue weighted by molar-refractivity contribution is 0.0696. The summed E-state index contributed by atoms with van der Waals surface area (Å²) in [6.07, 6.45) is -0.619. The van der Waals surface area contributed by atoms with Gasteiger partial charge in [-0.15, -0.1) is 0 Å². The van der Waals surface area contributed by atoms with Gasteiger partial charge in [-0.25, -0.2) is 22.9 Å². The molecular weight excluding hydrogens is 528 g/mol. The number of hydrogen-bond donors (Lipinski definition) is 3. The standard InChI is InChI=1S/C27H25ClN4O5S/c1-16-6-3-7-17(2)25(16)22-14-24(37-23(15-29)18-8-4-10-20(28)12-18)31-27(30-22)32-38(35,36)21-11-5-9-19(13-21)26(33)34/h3-14,23H,15,29H2,1-2H3,(H,33,34)(H,30,31,32). The van der Waals surface area contributed by atoms with E-state index in [9.17, 15) is 18.3 Å². The third kappa shape index (κ3) is 6.10. The van der Waals surface area contributed by atoms with Crippen LogP contribution in [0.25, 0.3) is 11.3 Å². The number of nitrogens with one attached hydrogen (secondary N) is 1. The number of carboxylic acids is 1. The van der Waals surface area contributed by atoms with Crippen molar-refractivity contribution in [2.24, 2.45) is 5.73 Å². The molecule has 1 unspecified atom stereocenters. The van der Waals surface area contributed by atoms with Gasteiger partial charge in [0.2, 0.25) is 11.8 Å². The fourth-order valence-electron chi connectivity index (χ4n) is 3.96. The zero-order valence-corrected chi connectivity index (χ0v) is 22.1. The van der Waals surface area contributed by atoms with Crippen molar-refractivity contribution in [3.05, 3.63) is 100 Å². The van der Waals surface area contributed by atoms with Crippen molar-refractivity contribution in [3.63, 3.8) is 0 Å². The number of halogens is 1. The summed E-state index contributed by atoms with van der Waals surface area (Å²) >= 11 is 6.14. The second-order valence-corrected chi connectivity index (χ2v) is 10.6. The SMILES string of the molecule is Cc1cccc(C)c1-c1cc(OC(CN)c2cccc(Cl)c2)nc(NS(=O)(=O)c2cccc(C(=O)O)c2)n1. The predicted molar refractivity (Wildman–Crippen MR) is 145 cm³/mol. The lowest BCUT2D eigenvalue weighted by atomic mass is 10.00. The van der Waals surface area contributed by atoms with Crippen molar-refractivity contribution in [2.75, 3.05) is 11.3 Å². The van der Waals surface area contributed by atoms with Crippen LogP contribution in [0.5, 0.6) is 5.88 Å². The van der Waals surface area contributed by atoms with Crippen molar-refractivity contribution in [1.29, 1.82) is 0 Å². The van der Waals surface area contributed by atoms with Gasteiger partial charge in [-0.3, -0.25) is 0 Å². The van der Waals surface area contributed by atoms with E-state index in [2.05, 4.69) is 14.7 Å². The number of aryl methyl sites for hydroxylation is 2. The monoisotopic (exact) mass is 552 g/mol. The highest BCUT2D eigenvalue weighted by molar-refractivity contribution is 7.92. The molecule has 1 heterocycles. The van der Waals surface area contributed by atoms with Crippen LogP contribution in [0.15, 0.2) is 77.7 Å². The third-order valence-electron chi connectivity index (χ3n) is 5.75. The molecule has 0 amide bonds. The summed E-state index contributed by atoms with van der Waals surface area (Å²) < 4.78 is 34.8. The molecular formula is C27H25ClN4O5S. The molecule has 38 heavy (non-hydrogen) atoms. The van der Waals surface area contributed by atoms with Gasteiger partial charge in [0, 0.05) is 23.2 Å². The smallest absolute Gasteiger partial charge is 0.335 e. The molecule has 0 fully saturated rings. The number of benzene rings is 3. The summed E-state index contributed by atoms with van der Waals surface area (Å²) in [5, 5.41) is 9.77. The molecule has 11 heteroatoms. The van der Waals surface area contributed by atoms with Crippen LogP contribution >= 0.6 is 11.6 Å². The summed E-state index contributed by atoms with van der Waals surface area (Å²) in [5.41, 5.74) is 9.60. The maximum absolute atomic E-state index is 13.1. The summed E-state index contributed by atoms with van der Waals surface area (Å²) in [5.74, 6) is -1.41. The Kier molecular flexibility index (Phi) is 7.96. The maximum Gasteiger partial charge on any atom is 0.335 e. The number of ether oxygens (including phenoxy) is 1. The van der Waals surface area contributed by atoms with E-state index < -0.39 is 22.1 Å². The first kappa shape index (κ1) is 27.1. The fraction of sp³-hybridized carbons (Fsp3) is 0.148. The van der Waals surface area contributed by atoms with E-state index in [0.29, 0.717) is 10.7 Å². The van der Waals surface area contributed by atoms with E-state index in [-0.39, 0.29) is 28.8 Å². The van der Waals surface area contributed by atoms with Crippen LogP contribution < -0.4 is 15.2 Å². The van der Waals surface area contributed by atoms with E-state index in [1.54, 1.807) is 24.3 Å². The van der Waals surface area contributed by atoms with Gasteiger partial charge in [-0.1, -0.05) is 48.0 Å². The van der Waals surface area contributed by atoms with Crippen molar-refractivity contribution in [3.8, 4) is 17.1 Å². The minimum atomic E-state index is -4.23. The first-order valence-electron chi connectivity index (χ1n) is 11.5. The molecule has 1 atom stereocenters. The van der Waals surface area contributed by atoms with E-state index in [1.807, 2.05) is 38.1 Å². The first-order chi connectivity index (χ1) is 18.1. The number of carboxylic acid groups (broad SMARTS) is 1. The van der Waals surface area contributed by atoms with Crippen molar-refractivity contribution >= 4 is 33.5 Å². The second-order valence-electron chi connectivity index (χ2n) is 8.52. The Morgan fingerprint density at radius 3 is 2.37 bits per heavy atom. The fourth-order valence-corrected chi connectivity index (χ4v) is 5.15. The van der Waals surface area contributed by atoms with Gasteiger partial charge in [0.1, 0.15) is 6.10 Å². The number of nitrogens with zero attached hydrogens (tertiary/aromatic N) is 2. The number of rotatable bonds is 9. The predicted octanol–water partition coefficient (Wildman–Crippen LogP) is 4.99. The summed E-state index contributed by atoms with van der Waals surface area (Å²) in [6, 6.07) is 19.4. The highest BCUT2D eigenvalue weighted by atomic mass is 35.5. The lowest BCUT2D eigenvalue weighted by Gasteiger charge is -2.19. The van der Waals surface area contributed by atoms with Crippen LogP contribution in [0.3, 0.4) is 0 Å². The number of hydrogen-bond acceptors (Lipinski definition) is 7. The number of aromatic nitrogens is 2. The van der Waals surface area contributed by atoms with Crippen LogP contribution in [-0.4, -0.2) is 36.0 Å². The van der Waals surface area contributed by atoms with Gasteiger partial charge in [0.25, 0.3) is 10.0 Å². The van der Waals surface area contributed by atoms with Gasteiger partial charge < -0.3 is 15.6 Å². The minimum Gasteiger partial charge on any atom is -0.478 e. The number of sulfonamides is 1. The number of anilines is 1. The molecule has 3 aromatic carbocycles. The molecule has 0 bridgehead atoms. The third-order valence-corrected chi connectivity index (χ3v) is 7.32. The van der Waals surface area contributed by atoms with E-state index >= 15 is 0 Å². The van der Waals surface area contributed by atoms with E-state index in [1.165, 1.54) is 18.2 Å². The molecule has 0 saturated carbocycles. The highest BCUT2D eigenvalue weighted by Crippen LogP contribution is 2.31. The quantitative estimate of drug-likeness (QED) is 0.263. The first-order valence-corrected chi connectivity index (χ1v) is 13.4. The Balaban J connectivity index is 1.79. The normalized spacial score (nSPS) is 12.1. The zero-order chi connectivity index (χ0) is 27.4. The molecule has 0 aliphatic carbocycles. The molecule has 196 valence electrons. The molecule has 4 N–H and O–H groups in total. The maximum atomic E-state index is 13.1. The molecule has 0 aliphatic rings. The Bertz CT molecular complexity index is 1590. The molecule has 4 rings (SSSR count). The van der Waals surface area contributed by atoms with E-state index in [0.717, 1.165) is 28.3 Å². The average Bonchev–Trinajstić information content (AvgIpc) is 2.87. The Hall–Kier alpha value is -3.99. The average molecular weight is 553 g/mol. The zero-order valence-electron chi connectivity index (χ0n) is 20.6. The van der Waals surface area contributed by atoms with Gasteiger partial charge in [-0.2, -0.15) is 4.98 Å². The van der Waals surface area contributed by atoms with Crippen molar-refractivity contribution in [1.82, 2.24) is 9.97 Å². The van der Waals surface area contributed by atoms with Crippen LogP contribution in [0.2, 0.25) is 5.02 Å². The van der Waals surface area contributed by atoms with Gasteiger partial charge in [0.05, 0.1) is 16.2 Å². The summed E-state index contributed by atoms with van der Waals surface area (Å²) in [6.45, 7) is 3.94. The number of aromatic carboxylic acids is 1. The molecule has 1 aromatic heterocycles. The molecule has 0 aliphatic heterocycles. The Morgan fingerprint density at radius 2 is 1.71 bits per heavy atom. The minimum absolute atomic E-state index is 0.0880. The lowest BCUT2D eigenvalue weighted by Crippen LogP contribution is -2.20. The van der Waals surface area contributed by atoms with Crippen LogP contribution in [0.1, 0.15) is 33.2 Å². The van der Waals surface area contributed by atoms with Crippen LogP contribution in [0.4, 0.5) is 5.95 Å². The van der Waals surface area contributed by atoms with Crippen molar-refractivity contribution < 1.29 is 23.1 Å². The molecule has 4 aromatic rings. The molecule has 0 spiro atoms. The largest absolute Gasteiger partial charge is 0.478 e. The Morgan fingerprint density at radius 1 is 1.03 bits per heavy atom. The molecule has 0 radical (unpaired) electrons. The molecule has 9 nitrogen and oxygen atoms in total. The summed E-state index contributed by atoms with van der Waals surface area (Å²) in [7, 11) is -4.23. The van der Waals surface area contributed by atoms with E-state index in [4.69, 9.17) is 22.1 Å². The van der Waals surface area contributed by atoms with Gasteiger partial charge in [0.15, 0.2) is 0 Å². The van der Waals surface area contributed by atoms with Gasteiger partial charge in [-0.05, 0) is 60.9 Å². The van der Waals surface area contributed by atoms with Crippen molar-refractivity contribution in [2.45, 2.75) is 24.8 Å². The Labute approximate surface area is 225 Å². The van der Waals surface area contributed by atoms with Crippen LogP contribution in [-0.2, 0) is 10.0 Å². The topological polar surface area (TPSA) is 144 Å². The second kappa shape index (κ2) is 11.2. The number of carbonyl (C=O) groups is 1. The molecule has 0 saturated heterocycles. The summed E-state index contributed by atoms with van der Waals surface area (Å²) in [4.78, 5) is 19.8.